The maximum Gasteiger partial charge on any atom is 0.290 e. The number of aryl methyl sites for hydroxylation is 1. The fourth-order valence-electron chi connectivity index (χ4n) is 2.06. The van der Waals surface area contributed by atoms with Crippen LogP contribution in [0.2, 0.25) is 0 Å². The molecule has 2 N–H and O–H groups in total. The van der Waals surface area contributed by atoms with Gasteiger partial charge in [0.2, 0.25) is 0 Å². The van der Waals surface area contributed by atoms with Crippen LogP contribution >= 0.6 is 27.7 Å². The molecule has 96 valence electrons. The average Bonchev–Trinajstić information content (AvgIpc) is 2.81. The molecule has 3 rings (SSSR count). The van der Waals surface area contributed by atoms with Crippen LogP contribution in [0.4, 0.5) is 4.79 Å². The lowest BCUT2D eigenvalue weighted by Crippen LogP contribution is -2.17. The zero-order valence-corrected chi connectivity index (χ0v) is 12.3. The van der Waals surface area contributed by atoms with Crippen molar-refractivity contribution in [3.05, 3.63) is 38.8 Å². The van der Waals surface area contributed by atoms with E-state index < -0.39 is 0 Å². The Morgan fingerprint density at radius 2 is 2.11 bits per heavy atom. The molecular weight excluding hydrogens is 328 g/mol. The number of fused-ring (bicyclic) bond motifs is 1. The van der Waals surface area contributed by atoms with Crippen molar-refractivity contribution in [1.29, 1.82) is 0 Å². The molecule has 0 saturated carbocycles. The Morgan fingerprint density at radius 3 is 2.79 bits per heavy atom. The lowest BCUT2D eigenvalue weighted by molar-refractivity contribution is -0.115. The van der Waals surface area contributed by atoms with Gasteiger partial charge in [-0.25, -0.2) is 0 Å². The molecule has 1 aliphatic rings. The molecule has 0 aliphatic carbocycles. The zero-order chi connectivity index (χ0) is 13.6. The number of imide groups is 1. The van der Waals surface area contributed by atoms with Crippen LogP contribution in [-0.4, -0.2) is 16.1 Å². The minimum atomic E-state index is -0.334. The summed E-state index contributed by atoms with van der Waals surface area (Å²) in [6.07, 6.45) is 1.76. The molecule has 2 amide bonds. The number of thioether (sulfide) groups is 1. The smallest absolute Gasteiger partial charge is 0.290 e. The van der Waals surface area contributed by atoms with E-state index in [0.717, 1.165) is 38.4 Å². The lowest BCUT2D eigenvalue weighted by atomic mass is 10.1. The molecule has 1 aromatic heterocycles. The van der Waals surface area contributed by atoms with Crippen molar-refractivity contribution in [1.82, 2.24) is 10.3 Å². The summed E-state index contributed by atoms with van der Waals surface area (Å²) < 4.78 is 0.971. The highest BCUT2D eigenvalue weighted by atomic mass is 79.9. The Labute approximate surface area is 121 Å². The number of hydrogen-bond donors (Lipinski definition) is 2. The normalized spacial score (nSPS) is 17.5. The van der Waals surface area contributed by atoms with E-state index in [4.69, 9.17) is 0 Å². The number of amides is 2. The molecular formula is C13H9BrN2O2S. The number of carbonyl (C=O) groups is 2. The van der Waals surface area contributed by atoms with E-state index >= 15 is 0 Å². The molecule has 0 bridgehead atoms. The Balaban J connectivity index is 2.17. The first-order valence-corrected chi connectivity index (χ1v) is 7.18. The van der Waals surface area contributed by atoms with Crippen LogP contribution in [0.15, 0.2) is 27.6 Å². The summed E-state index contributed by atoms with van der Waals surface area (Å²) in [5, 5.41) is 2.95. The van der Waals surface area contributed by atoms with Crippen LogP contribution in [-0.2, 0) is 4.79 Å². The van der Waals surface area contributed by atoms with Crippen molar-refractivity contribution in [3.8, 4) is 0 Å². The standard InChI is InChI=1S/C13H9BrN2O2S/c1-6-8(5-11-12(17)16-13(18)19-11)9-4-7(14)2-3-10(9)15-6/h2-5,15H,1H3,(H,16,17,18)/b11-5-. The molecule has 4 nitrogen and oxygen atoms in total. The number of aromatic nitrogens is 1. The third-order valence-electron chi connectivity index (χ3n) is 2.92. The SMILES string of the molecule is Cc1[nH]c2ccc(Br)cc2c1/C=C1\SC(=O)NC1=O. The molecule has 6 heteroatoms. The molecule has 1 saturated heterocycles. The highest BCUT2D eigenvalue weighted by molar-refractivity contribution is 9.10. The van der Waals surface area contributed by atoms with Crippen LogP contribution in [0.25, 0.3) is 17.0 Å². The van der Waals surface area contributed by atoms with E-state index in [-0.39, 0.29) is 11.1 Å². The molecule has 1 aliphatic heterocycles. The molecule has 19 heavy (non-hydrogen) atoms. The first-order valence-electron chi connectivity index (χ1n) is 5.57. The van der Waals surface area contributed by atoms with Gasteiger partial charge < -0.3 is 4.98 Å². The van der Waals surface area contributed by atoms with E-state index in [0.29, 0.717) is 4.91 Å². The van der Waals surface area contributed by atoms with Crippen LogP contribution in [0.3, 0.4) is 0 Å². The van der Waals surface area contributed by atoms with E-state index in [2.05, 4.69) is 26.2 Å². The zero-order valence-electron chi connectivity index (χ0n) is 9.91. The molecule has 0 unspecified atom stereocenters. The van der Waals surface area contributed by atoms with Gasteiger partial charge in [0.15, 0.2) is 0 Å². The number of H-pyrrole nitrogens is 1. The molecule has 0 atom stereocenters. The van der Waals surface area contributed by atoms with Gasteiger partial charge in [0, 0.05) is 26.6 Å². The van der Waals surface area contributed by atoms with Crippen molar-refractivity contribution in [2.75, 3.05) is 0 Å². The third kappa shape index (κ3) is 2.21. The Bertz CT molecular complexity index is 748. The number of rotatable bonds is 1. The van der Waals surface area contributed by atoms with Crippen LogP contribution < -0.4 is 5.32 Å². The van der Waals surface area contributed by atoms with Gasteiger partial charge in [0.1, 0.15) is 0 Å². The second-order valence-electron chi connectivity index (χ2n) is 4.21. The highest BCUT2D eigenvalue weighted by Gasteiger charge is 2.25. The molecule has 1 aromatic carbocycles. The van der Waals surface area contributed by atoms with Gasteiger partial charge in [-0.15, -0.1) is 0 Å². The minimum Gasteiger partial charge on any atom is -0.358 e. The van der Waals surface area contributed by atoms with Crippen molar-refractivity contribution in [2.24, 2.45) is 0 Å². The second-order valence-corrected chi connectivity index (χ2v) is 6.14. The van der Waals surface area contributed by atoms with Crippen molar-refractivity contribution in [2.45, 2.75) is 6.92 Å². The van der Waals surface area contributed by atoms with Gasteiger partial charge in [0.25, 0.3) is 11.1 Å². The maximum absolute atomic E-state index is 11.6. The quantitative estimate of drug-likeness (QED) is 0.782. The van der Waals surface area contributed by atoms with E-state index in [1.165, 1.54) is 0 Å². The van der Waals surface area contributed by atoms with Crippen molar-refractivity contribution in [3.63, 3.8) is 0 Å². The number of hydrogen-bond acceptors (Lipinski definition) is 3. The summed E-state index contributed by atoms with van der Waals surface area (Å²) in [5.74, 6) is -0.334. The summed E-state index contributed by atoms with van der Waals surface area (Å²) in [6.45, 7) is 1.94. The van der Waals surface area contributed by atoms with Gasteiger partial charge in [-0.3, -0.25) is 14.9 Å². The molecule has 2 aromatic rings. The summed E-state index contributed by atoms with van der Waals surface area (Å²) in [5.41, 5.74) is 2.90. The predicted molar refractivity (Wildman–Crippen MR) is 79.8 cm³/mol. The summed E-state index contributed by atoms with van der Waals surface area (Å²) in [6, 6.07) is 5.92. The third-order valence-corrected chi connectivity index (χ3v) is 4.22. The summed E-state index contributed by atoms with van der Waals surface area (Å²) >= 11 is 4.37. The average molecular weight is 337 g/mol. The fourth-order valence-corrected chi connectivity index (χ4v) is 3.08. The second kappa shape index (κ2) is 4.54. The van der Waals surface area contributed by atoms with E-state index in [1.54, 1.807) is 6.08 Å². The monoisotopic (exact) mass is 336 g/mol. The van der Waals surface area contributed by atoms with E-state index in [9.17, 15) is 9.59 Å². The van der Waals surface area contributed by atoms with Gasteiger partial charge in [-0.1, -0.05) is 15.9 Å². The Morgan fingerprint density at radius 1 is 1.32 bits per heavy atom. The van der Waals surface area contributed by atoms with Crippen molar-refractivity contribution >= 4 is 55.8 Å². The number of nitrogens with one attached hydrogen (secondary N) is 2. The number of benzene rings is 1. The van der Waals surface area contributed by atoms with Crippen molar-refractivity contribution < 1.29 is 9.59 Å². The van der Waals surface area contributed by atoms with Crippen LogP contribution in [0.1, 0.15) is 11.3 Å². The minimum absolute atomic E-state index is 0.324. The number of halogens is 1. The maximum atomic E-state index is 11.6. The van der Waals surface area contributed by atoms with Gasteiger partial charge in [-0.2, -0.15) is 0 Å². The summed E-state index contributed by atoms with van der Waals surface area (Å²) in [7, 11) is 0. The first-order chi connectivity index (χ1) is 9.04. The highest BCUT2D eigenvalue weighted by Crippen LogP contribution is 2.31. The molecule has 1 fully saturated rings. The van der Waals surface area contributed by atoms with Crippen LogP contribution in [0, 0.1) is 6.92 Å². The summed E-state index contributed by atoms with van der Waals surface area (Å²) in [4.78, 5) is 26.4. The molecule has 0 radical (unpaired) electrons. The number of aromatic amines is 1. The molecule has 0 spiro atoms. The van der Waals surface area contributed by atoms with Gasteiger partial charge in [0.05, 0.1) is 4.91 Å². The van der Waals surface area contributed by atoms with Gasteiger partial charge in [-0.05, 0) is 43.0 Å². The number of carbonyl (C=O) groups excluding carboxylic acids is 2. The Kier molecular flexibility index (Phi) is 2.99. The van der Waals surface area contributed by atoms with E-state index in [1.807, 2.05) is 25.1 Å². The molecule has 2 heterocycles. The van der Waals surface area contributed by atoms with Gasteiger partial charge >= 0.3 is 0 Å². The largest absolute Gasteiger partial charge is 0.358 e. The Hall–Kier alpha value is -1.53. The predicted octanol–water partition coefficient (Wildman–Crippen LogP) is 3.56. The lowest BCUT2D eigenvalue weighted by Gasteiger charge is -1.96. The topological polar surface area (TPSA) is 62.0 Å². The van der Waals surface area contributed by atoms with Crippen LogP contribution in [0.5, 0.6) is 0 Å². The fraction of sp³-hybridized carbons (Fsp3) is 0.0769. The first kappa shape index (κ1) is 12.5.